The van der Waals surface area contributed by atoms with Crippen molar-refractivity contribution < 1.29 is 9.53 Å². The average Bonchev–Trinajstić information content (AvgIpc) is 3.24. The smallest absolute Gasteiger partial charge is 0.338 e. The van der Waals surface area contributed by atoms with Crippen molar-refractivity contribution in [2.24, 2.45) is 0 Å². The van der Waals surface area contributed by atoms with Gasteiger partial charge in [0.1, 0.15) is 0 Å². The third kappa shape index (κ3) is 3.37. The molecule has 1 aromatic carbocycles. The highest BCUT2D eigenvalue weighted by atomic mass is 35.5. The molecule has 2 heterocycles. The predicted molar refractivity (Wildman–Crippen MR) is 103 cm³/mol. The van der Waals surface area contributed by atoms with Gasteiger partial charge >= 0.3 is 5.97 Å². The first-order chi connectivity index (χ1) is 12.6. The minimum Gasteiger partial charge on any atom is -0.462 e. The van der Waals surface area contributed by atoms with Crippen molar-refractivity contribution in [3.05, 3.63) is 47.5 Å². The normalized spacial score (nSPS) is 11.9. The number of rotatable bonds is 6. The van der Waals surface area contributed by atoms with Crippen LogP contribution < -0.4 is 0 Å². The highest BCUT2D eigenvalue weighted by Gasteiger charge is 2.15. The molecule has 7 heteroatoms. The van der Waals surface area contributed by atoms with Crippen LogP contribution in [0.1, 0.15) is 42.6 Å². The number of benzene rings is 1. The number of ether oxygens (including phenoxy) is 1. The zero-order valence-electron chi connectivity index (χ0n) is 15.1. The number of halogens is 1. The number of imidazole rings is 1. The fourth-order valence-corrected chi connectivity index (χ4v) is 3.15. The Hall–Kier alpha value is -2.60. The molecule has 2 aromatic heterocycles. The van der Waals surface area contributed by atoms with Crippen molar-refractivity contribution in [1.29, 1.82) is 0 Å². The second-order valence-electron chi connectivity index (χ2n) is 5.67. The summed E-state index contributed by atoms with van der Waals surface area (Å²) in [5.41, 5.74) is 3.03. The van der Waals surface area contributed by atoms with Crippen LogP contribution in [0.4, 0.5) is 0 Å². The number of nitrogens with zero attached hydrogens (tertiary/aromatic N) is 4. The Kier molecular flexibility index (Phi) is 5.42. The molecule has 0 aliphatic carbocycles. The number of carbonyl (C=O) groups is 1. The molecular weight excluding hydrogens is 352 g/mol. The van der Waals surface area contributed by atoms with Crippen LogP contribution in [-0.4, -0.2) is 31.9 Å². The minimum absolute atomic E-state index is 0.338. The fraction of sp³-hybridized carbons (Fsp3) is 0.316. The summed E-state index contributed by atoms with van der Waals surface area (Å²) in [6.45, 7) is 7.65. The van der Waals surface area contributed by atoms with E-state index in [0.717, 1.165) is 17.8 Å². The summed E-state index contributed by atoms with van der Waals surface area (Å²) in [6.07, 6.45) is 3.60. The van der Waals surface area contributed by atoms with Gasteiger partial charge in [-0.15, -0.1) is 0 Å². The largest absolute Gasteiger partial charge is 0.462 e. The summed E-state index contributed by atoms with van der Waals surface area (Å²) < 4.78 is 8.95. The lowest BCUT2D eigenvalue weighted by atomic mass is 10.2. The minimum atomic E-state index is -0.351. The van der Waals surface area contributed by atoms with E-state index in [-0.39, 0.29) is 5.97 Å². The van der Waals surface area contributed by atoms with Crippen LogP contribution in [-0.2, 0) is 17.8 Å². The van der Waals surface area contributed by atoms with E-state index in [4.69, 9.17) is 16.3 Å². The molecule has 3 rings (SSSR count). The molecule has 0 amide bonds. The first-order valence-corrected chi connectivity index (χ1v) is 9.03. The van der Waals surface area contributed by atoms with E-state index in [0.29, 0.717) is 35.1 Å². The molecule has 0 saturated carbocycles. The molecule has 26 heavy (non-hydrogen) atoms. The lowest BCUT2D eigenvalue weighted by Gasteiger charge is -2.06. The van der Waals surface area contributed by atoms with Gasteiger partial charge in [0.25, 0.3) is 0 Å². The van der Waals surface area contributed by atoms with Crippen molar-refractivity contribution in [3.8, 4) is 0 Å². The van der Waals surface area contributed by atoms with E-state index < -0.39 is 0 Å². The predicted octanol–water partition coefficient (Wildman–Crippen LogP) is 4.19. The molecule has 0 atom stereocenters. The maximum absolute atomic E-state index is 12.0. The molecule has 0 aliphatic heterocycles. The first kappa shape index (κ1) is 18.2. The molecule has 0 bridgehead atoms. The molecule has 0 spiro atoms. The van der Waals surface area contributed by atoms with Crippen LogP contribution in [0.3, 0.4) is 0 Å². The Labute approximate surface area is 157 Å². The molecule has 0 saturated heterocycles. The standard InChI is InChI=1S/C19H21ClN4O2/c1-4-23-17-8-7-13(19(25)26-6-3)11-16(17)22-18(23)15(20)12-14-9-10-21-24(14)5-2/h7-12H,4-6H2,1-3H3. The number of hydrogen-bond acceptors (Lipinski definition) is 4. The number of aryl methyl sites for hydroxylation is 2. The summed E-state index contributed by atoms with van der Waals surface area (Å²) in [7, 11) is 0. The molecule has 0 radical (unpaired) electrons. The van der Waals surface area contributed by atoms with Gasteiger partial charge in [-0.1, -0.05) is 11.6 Å². The number of esters is 1. The molecular formula is C19H21ClN4O2. The Morgan fingerprint density at radius 3 is 2.73 bits per heavy atom. The van der Waals surface area contributed by atoms with E-state index in [1.807, 2.05) is 41.3 Å². The highest BCUT2D eigenvalue weighted by Crippen LogP contribution is 2.27. The molecule has 0 fully saturated rings. The Bertz CT molecular complexity index is 971. The van der Waals surface area contributed by atoms with Crippen LogP contribution >= 0.6 is 11.6 Å². The number of carbonyl (C=O) groups excluding carboxylic acids is 1. The monoisotopic (exact) mass is 372 g/mol. The number of aromatic nitrogens is 4. The van der Waals surface area contributed by atoms with Gasteiger partial charge in [-0.05, 0) is 51.1 Å². The van der Waals surface area contributed by atoms with Gasteiger partial charge in [0.15, 0.2) is 5.82 Å². The highest BCUT2D eigenvalue weighted by molar-refractivity contribution is 6.50. The topological polar surface area (TPSA) is 61.9 Å². The van der Waals surface area contributed by atoms with Gasteiger partial charge in [0, 0.05) is 19.3 Å². The first-order valence-electron chi connectivity index (χ1n) is 8.65. The fourth-order valence-electron chi connectivity index (χ4n) is 2.90. The third-order valence-corrected chi connectivity index (χ3v) is 4.39. The quantitative estimate of drug-likeness (QED) is 0.609. The number of hydrogen-bond donors (Lipinski definition) is 0. The van der Waals surface area contributed by atoms with E-state index in [1.54, 1.807) is 25.3 Å². The van der Waals surface area contributed by atoms with Crippen LogP contribution in [0, 0.1) is 0 Å². The second kappa shape index (κ2) is 7.74. The Morgan fingerprint density at radius 1 is 1.23 bits per heavy atom. The zero-order valence-corrected chi connectivity index (χ0v) is 15.8. The van der Waals surface area contributed by atoms with Crippen LogP contribution in [0.15, 0.2) is 30.5 Å². The molecule has 0 aliphatic rings. The van der Waals surface area contributed by atoms with Gasteiger partial charge in [-0.25, -0.2) is 9.78 Å². The van der Waals surface area contributed by atoms with E-state index in [9.17, 15) is 4.79 Å². The summed E-state index contributed by atoms with van der Waals surface area (Å²) in [4.78, 5) is 16.6. The summed E-state index contributed by atoms with van der Waals surface area (Å²) >= 11 is 6.58. The van der Waals surface area contributed by atoms with E-state index >= 15 is 0 Å². The van der Waals surface area contributed by atoms with Gasteiger partial charge in [0.2, 0.25) is 0 Å². The molecule has 3 aromatic rings. The lowest BCUT2D eigenvalue weighted by molar-refractivity contribution is 0.0526. The van der Waals surface area contributed by atoms with Crippen molar-refractivity contribution >= 4 is 39.7 Å². The lowest BCUT2D eigenvalue weighted by Crippen LogP contribution is -2.04. The maximum Gasteiger partial charge on any atom is 0.338 e. The van der Waals surface area contributed by atoms with Crippen LogP contribution in [0.5, 0.6) is 0 Å². The van der Waals surface area contributed by atoms with Crippen LogP contribution in [0.25, 0.3) is 22.1 Å². The number of fused-ring (bicyclic) bond motifs is 1. The van der Waals surface area contributed by atoms with Gasteiger partial charge in [0.05, 0.1) is 33.9 Å². The van der Waals surface area contributed by atoms with Crippen molar-refractivity contribution in [2.75, 3.05) is 6.61 Å². The van der Waals surface area contributed by atoms with E-state index in [2.05, 4.69) is 10.1 Å². The average molecular weight is 373 g/mol. The van der Waals surface area contributed by atoms with Crippen LogP contribution in [0.2, 0.25) is 0 Å². The van der Waals surface area contributed by atoms with Gasteiger partial charge < -0.3 is 9.30 Å². The Balaban J connectivity index is 2.06. The molecule has 6 nitrogen and oxygen atoms in total. The van der Waals surface area contributed by atoms with Crippen molar-refractivity contribution in [3.63, 3.8) is 0 Å². The summed E-state index contributed by atoms with van der Waals surface area (Å²) in [5.74, 6) is 0.310. The summed E-state index contributed by atoms with van der Waals surface area (Å²) in [5, 5.41) is 4.77. The molecule has 0 unspecified atom stereocenters. The zero-order chi connectivity index (χ0) is 18.7. The van der Waals surface area contributed by atoms with Gasteiger partial charge in [-0.3, -0.25) is 4.68 Å². The molecule has 136 valence electrons. The Morgan fingerprint density at radius 2 is 2.04 bits per heavy atom. The van der Waals surface area contributed by atoms with E-state index in [1.165, 1.54) is 0 Å². The summed E-state index contributed by atoms with van der Waals surface area (Å²) in [6, 6.07) is 7.27. The van der Waals surface area contributed by atoms with Gasteiger partial charge in [-0.2, -0.15) is 5.10 Å². The molecule has 0 N–H and O–H groups in total. The maximum atomic E-state index is 12.0. The SMILES string of the molecule is CCOC(=O)c1ccc2c(c1)nc(C(Cl)=Cc1ccnn1CC)n2CC. The second-order valence-corrected chi connectivity index (χ2v) is 6.07. The van der Waals surface area contributed by atoms with Crippen molar-refractivity contribution in [1.82, 2.24) is 19.3 Å². The van der Waals surface area contributed by atoms with Crippen molar-refractivity contribution in [2.45, 2.75) is 33.9 Å². The third-order valence-electron chi connectivity index (χ3n) is 4.11.